The Labute approximate surface area is 145 Å². The van der Waals surface area contributed by atoms with Crippen molar-refractivity contribution in [3.8, 4) is 0 Å². The summed E-state index contributed by atoms with van der Waals surface area (Å²) >= 11 is 6.10. The zero-order valence-corrected chi connectivity index (χ0v) is 14.3. The third-order valence-corrected chi connectivity index (χ3v) is 5.54. The van der Waals surface area contributed by atoms with Crippen LogP contribution in [0.1, 0.15) is 36.9 Å². The molecule has 2 aliphatic rings. The van der Waals surface area contributed by atoms with Gasteiger partial charge in [0.2, 0.25) is 0 Å². The summed E-state index contributed by atoms with van der Waals surface area (Å²) in [6.45, 7) is 4.26. The van der Waals surface area contributed by atoms with Crippen molar-refractivity contribution in [2.24, 2.45) is 5.92 Å². The van der Waals surface area contributed by atoms with Crippen molar-refractivity contribution in [3.63, 3.8) is 0 Å². The molecule has 3 atom stereocenters. The van der Waals surface area contributed by atoms with E-state index in [1.54, 1.807) is 6.33 Å². The Morgan fingerprint density at radius 3 is 2.96 bits per heavy atom. The fraction of sp³-hybridized carbons (Fsp3) is 0.389. The number of aromatic nitrogens is 4. The second kappa shape index (κ2) is 4.93. The SMILES string of the molecule is CC(C)n1cnc2c(NC3C4Cc5cc(Cl)ccc5C43)ncnc21. The van der Waals surface area contributed by atoms with Gasteiger partial charge < -0.3 is 9.88 Å². The Morgan fingerprint density at radius 2 is 2.12 bits per heavy atom. The lowest BCUT2D eigenvalue weighted by atomic mass is 10.1. The van der Waals surface area contributed by atoms with E-state index in [-0.39, 0.29) is 0 Å². The van der Waals surface area contributed by atoms with Gasteiger partial charge in [0.15, 0.2) is 11.5 Å². The number of nitrogens with zero attached hydrogens (tertiary/aromatic N) is 4. The van der Waals surface area contributed by atoms with E-state index in [4.69, 9.17) is 11.6 Å². The lowest BCUT2D eigenvalue weighted by Gasteiger charge is -2.11. The molecule has 3 aromatic rings. The third kappa shape index (κ3) is 1.97. The number of nitrogens with one attached hydrogen (secondary N) is 1. The number of imidazole rings is 1. The normalized spacial score (nSPS) is 24.2. The molecule has 122 valence electrons. The maximum atomic E-state index is 6.10. The molecular formula is C18H18ClN5. The highest BCUT2D eigenvalue weighted by atomic mass is 35.5. The predicted octanol–water partition coefficient (Wildman–Crippen LogP) is 3.81. The summed E-state index contributed by atoms with van der Waals surface area (Å²) in [5, 5.41) is 4.44. The largest absolute Gasteiger partial charge is 0.364 e. The lowest BCUT2D eigenvalue weighted by molar-refractivity contribution is 0.612. The standard InChI is InChI=1S/C18H18ClN5/c1-9(2)24-8-22-16-17(20-7-21-18(16)24)23-15-13-6-10-5-11(19)3-4-12(10)14(13)15/h3-5,7-9,13-15H,6H2,1-2H3,(H,20,21,23). The first-order valence-corrected chi connectivity index (χ1v) is 8.73. The Balaban J connectivity index is 1.45. The van der Waals surface area contributed by atoms with E-state index in [0.717, 1.165) is 28.4 Å². The van der Waals surface area contributed by atoms with Crippen LogP contribution in [0.5, 0.6) is 0 Å². The van der Waals surface area contributed by atoms with E-state index in [1.165, 1.54) is 11.1 Å². The molecule has 5 rings (SSSR count). The van der Waals surface area contributed by atoms with Crippen molar-refractivity contribution >= 4 is 28.6 Å². The molecule has 0 spiro atoms. The van der Waals surface area contributed by atoms with Gasteiger partial charge in [-0.1, -0.05) is 17.7 Å². The van der Waals surface area contributed by atoms with Gasteiger partial charge in [0.1, 0.15) is 11.8 Å². The fourth-order valence-electron chi connectivity index (χ4n) is 4.07. The van der Waals surface area contributed by atoms with Crippen molar-refractivity contribution < 1.29 is 0 Å². The highest BCUT2D eigenvalue weighted by molar-refractivity contribution is 6.30. The van der Waals surface area contributed by atoms with Gasteiger partial charge >= 0.3 is 0 Å². The van der Waals surface area contributed by atoms with E-state index >= 15 is 0 Å². The fourth-order valence-corrected chi connectivity index (χ4v) is 4.27. The highest BCUT2D eigenvalue weighted by Gasteiger charge is 2.56. The van der Waals surface area contributed by atoms with Crippen LogP contribution in [0, 0.1) is 5.92 Å². The molecule has 0 aliphatic heterocycles. The summed E-state index contributed by atoms with van der Waals surface area (Å²) < 4.78 is 2.08. The average Bonchev–Trinajstić information content (AvgIpc) is 2.94. The Hall–Kier alpha value is -2.14. The molecule has 2 aromatic heterocycles. The molecule has 0 saturated heterocycles. The molecule has 5 nitrogen and oxygen atoms in total. The van der Waals surface area contributed by atoms with Crippen LogP contribution in [0.25, 0.3) is 11.2 Å². The second-order valence-corrected chi connectivity index (χ2v) is 7.48. The van der Waals surface area contributed by atoms with Crippen LogP contribution >= 0.6 is 11.6 Å². The average molecular weight is 340 g/mol. The van der Waals surface area contributed by atoms with Crippen molar-refractivity contribution in [3.05, 3.63) is 47.0 Å². The van der Waals surface area contributed by atoms with Crippen molar-refractivity contribution in [1.29, 1.82) is 0 Å². The summed E-state index contributed by atoms with van der Waals surface area (Å²) in [5.41, 5.74) is 4.57. The first-order valence-electron chi connectivity index (χ1n) is 8.36. The Bertz CT molecular complexity index is 948. The first-order chi connectivity index (χ1) is 11.6. The minimum Gasteiger partial charge on any atom is -0.364 e. The highest BCUT2D eigenvalue weighted by Crippen LogP contribution is 2.57. The molecule has 2 aliphatic carbocycles. The van der Waals surface area contributed by atoms with Crippen LogP contribution in [0.15, 0.2) is 30.9 Å². The topological polar surface area (TPSA) is 55.6 Å². The number of hydrogen-bond donors (Lipinski definition) is 1. The molecule has 0 bridgehead atoms. The van der Waals surface area contributed by atoms with Gasteiger partial charge in [0.05, 0.1) is 6.33 Å². The summed E-state index contributed by atoms with van der Waals surface area (Å²) in [4.78, 5) is 13.4. The zero-order chi connectivity index (χ0) is 16.4. The van der Waals surface area contributed by atoms with Crippen LogP contribution in [-0.4, -0.2) is 25.6 Å². The van der Waals surface area contributed by atoms with Crippen LogP contribution in [-0.2, 0) is 6.42 Å². The maximum absolute atomic E-state index is 6.10. The van der Waals surface area contributed by atoms with E-state index in [0.29, 0.717) is 23.9 Å². The van der Waals surface area contributed by atoms with E-state index in [2.05, 4.69) is 50.8 Å². The number of rotatable bonds is 3. The van der Waals surface area contributed by atoms with Gasteiger partial charge in [-0.05, 0) is 49.4 Å². The smallest absolute Gasteiger partial charge is 0.165 e. The van der Waals surface area contributed by atoms with Crippen LogP contribution in [0.2, 0.25) is 5.02 Å². The minimum atomic E-state index is 0.328. The molecule has 1 aromatic carbocycles. The predicted molar refractivity (Wildman–Crippen MR) is 94.5 cm³/mol. The van der Waals surface area contributed by atoms with Gasteiger partial charge in [0.25, 0.3) is 0 Å². The molecular weight excluding hydrogens is 322 g/mol. The molecule has 3 unspecified atom stereocenters. The number of fused-ring (bicyclic) bond motifs is 4. The van der Waals surface area contributed by atoms with Gasteiger partial charge in [-0.2, -0.15) is 0 Å². The first kappa shape index (κ1) is 14.2. The Kier molecular flexibility index (Phi) is 2.92. The lowest BCUT2D eigenvalue weighted by Crippen LogP contribution is -2.12. The zero-order valence-electron chi connectivity index (χ0n) is 13.6. The minimum absolute atomic E-state index is 0.328. The number of anilines is 1. The Morgan fingerprint density at radius 1 is 1.25 bits per heavy atom. The molecule has 6 heteroatoms. The van der Waals surface area contributed by atoms with Crippen molar-refractivity contribution in [2.45, 2.75) is 38.3 Å². The van der Waals surface area contributed by atoms with Gasteiger partial charge in [0, 0.05) is 23.0 Å². The van der Waals surface area contributed by atoms with E-state index in [1.807, 2.05) is 12.4 Å². The van der Waals surface area contributed by atoms with Crippen molar-refractivity contribution in [2.75, 3.05) is 5.32 Å². The molecule has 0 amide bonds. The van der Waals surface area contributed by atoms with Gasteiger partial charge in [-0.25, -0.2) is 15.0 Å². The van der Waals surface area contributed by atoms with E-state index < -0.39 is 0 Å². The van der Waals surface area contributed by atoms with Crippen LogP contribution in [0.4, 0.5) is 5.82 Å². The number of benzene rings is 1. The summed E-state index contributed by atoms with van der Waals surface area (Å²) in [5.74, 6) is 2.04. The van der Waals surface area contributed by atoms with Gasteiger partial charge in [-0.15, -0.1) is 0 Å². The number of hydrogen-bond acceptors (Lipinski definition) is 4. The summed E-state index contributed by atoms with van der Waals surface area (Å²) in [6, 6.07) is 7.03. The third-order valence-electron chi connectivity index (χ3n) is 5.31. The molecule has 1 fully saturated rings. The monoisotopic (exact) mass is 339 g/mol. The molecule has 1 saturated carbocycles. The quantitative estimate of drug-likeness (QED) is 0.788. The van der Waals surface area contributed by atoms with Gasteiger partial charge in [-0.3, -0.25) is 0 Å². The summed E-state index contributed by atoms with van der Waals surface area (Å²) in [6.07, 6.45) is 4.56. The van der Waals surface area contributed by atoms with Crippen LogP contribution in [0.3, 0.4) is 0 Å². The van der Waals surface area contributed by atoms with Crippen LogP contribution < -0.4 is 5.32 Å². The maximum Gasteiger partial charge on any atom is 0.165 e. The molecule has 0 radical (unpaired) electrons. The van der Waals surface area contributed by atoms with Crippen molar-refractivity contribution in [1.82, 2.24) is 19.5 Å². The summed E-state index contributed by atoms with van der Waals surface area (Å²) in [7, 11) is 0. The molecule has 1 N–H and O–H groups in total. The second-order valence-electron chi connectivity index (χ2n) is 7.05. The molecule has 24 heavy (non-hydrogen) atoms. The molecule has 2 heterocycles. The number of halogens is 1. The van der Waals surface area contributed by atoms with E-state index in [9.17, 15) is 0 Å².